The molecule has 1 unspecified atom stereocenters. The molecule has 1 aromatic rings. The normalized spacial score (nSPS) is 12.5. The summed E-state index contributed by atoms with van der Waals surface area (Å²) in [5, 5.41) is 3.28. The first-order valence-electron chi connectivity index (χ1n) is 4.68. The van der Waals surface area contributed by atoms with Gasteiger partial charge < -0.3 is 11.1 Å². The number of hydrogen-bond acceptors (Lipinski definition) is 3. The highest BCUT2D eigenvalue weighted by atomic mass is 14.9. The third-order valence-electron chi connectivity index (χ3n) is 2.18. The molecule has 13 heavy (non-hydrogen) atoms. The average molecular weight is 179 g/mol. The molecule has 0 spiro atoms. The van der Waals surface area contributed by atoms with E-state index in [2.05, 4.69) is 24.1 Å². The molecule has 0 aliphatic rings. The molecule has 3 heteroatoms. The van der Waals surface area contributed by atoms with Crippen LogP contribution in [0.5, 0.6) is 0 Å². The van der Waals surface area contributed by atoms with Gasteiger partial charge in [0.25, 0.3) is 0 Å². The van der Waals surface area contributed by atoms with Gasteiger partial charge in [0.05, 0.1) is 5.69 Å². The Labute approximate surface area is 79.4 Å². The van der Waals surface area contributed by atoms with Crippen LogP contribution in [0.15, 0.2) is 18.3 Å². The number of nitrogen functional groups attached to an aromatic ring is 1. The maximum absolute atomic E-state index is 5.67. The Hall–Kier alpha value is -1.25. The molecular formula is C10H17N3. The van der Waals surface area contributed by atoms with Gasteiger partial charge in [0.1, 0.15) is 5.82 Å². The summed E-state index contributed by atoms with van der Waals surface area (Å²) < 4.78 is 0. The smallest absolute Gasteiger partial charge is 0.146 e. The summed E-state index contributed by atoms with van der Waals surface area (Å²) >= 11 is 0. The summed E-state index contributed by atoms with van der Waals surface area (Å²) in [7, 11) is 0. The Balaban J connectivity index is 2.50. The fourth-order valence-electron chi connectivity index (χ4n) is 0.996. The zero-order chi connectivity index (χ0) is 9.68. The zero-order valence-corrected chi connectivity index (χ0v) is 8.25. The number of pyridine rings is 1. The Kier molecular flexibility index (Phi) is 3.55. The molecule has 0 radical (unpaired) electrons. The molecule has 1 aromatic heterocycles. The van der Waals surface area contributed by atoms with Crippen LogP contribution in [0.1, 0.15) is 20.3 Å². The largest absolute Gasteiger partial charge is 0.382 e. The molecule has 0 bridgehead atoms. The molecular weight excluding hydrogens is 162 g/mol. The van der Waals surface area contributed by atoms with E-state index in [-0.39, 0.29) is 0 Å². The first kappa shape index (κ1) is 9.84. The quantitative estimate of drug-likeness (QED) is 0.744. The lowest BCUT2D eigenvalue weighted by atomic mass is 10.1. The number of anilines is 2. The molecule has 0 aromatic carbocycles. The van der Waals surface area contributed by atoms with Gasteiger partial charge >= 0.3 is 0 Å². The van der Waals surface area contributed by atoms with Gasteiger partial charge in [0.2, 0.25) is 0 Å². The first-order valence-corrected chi connectivity index (χ1v) is 4.68. The van der Waals surface area contributed by atoms with Crippen molar-refractivity contribution in [3.8, 4) is 0 Å². The number of rotatable bonds is 4. The van der Waals surface area contributed by atoms with Crippen molar-refractivity contribution in [3.63, 3.8) is 0 Å². The number of nitrogens with two attached hydrogens (primary N) is 1. The van der Waals surface area contributed by atoms with Gasteiger partial charge in [0.15, 0.2) is 0 Å². The molecule has 72 valence electrons. The van der Waals surface area contributed by atoms with E-state index in [1.165, 1.54) is 6.42 Å². The van der Waals surface area contributed by atoms with Crippen molar-refractivity contribution < 1.29 is 0 Å². The minimum Gasteiger partial charge on any atom is -0.382 e. The van der Waals surface area contributed by atoms with E-state index in [0.717, 1.165) is 12.2 Å². The second-order valence-electron chi connectivity index (χ2n) is 3.33. The second-order valence-corrected chi connectivity index (χ2v) is 3.33. The summed E-state index contributed by atoms with van der Waals surface area (Å²) in [6.07, 6.45) is 2.87. The molecule has 1 atom stereocenters. The monoisotopic (exact) mass is 179 g/mol. The van der Waals surface area contributed by atoms with E-state index in [1.807, 2.05) is 12.1 Å². The standard InChI is InChI=1S/C10H17N3/c1-3-8(2)7-13-9-5-4-6-12-10(9)11/h4-6,8,13H,3,7H2,1-2H3,(H2,11,12). The fraction of sp³-hybridized carbons (Fsp3) is 0.500. The van der Waals surface area contributed by atoms with Crippen molar-refractivity contribution in [1.82, 2.24) is 4.98 Å². The maximum atomic E-state index is 5.67. The van der Waals surface area contributed by atoms with E-state index in [1.54, 1.807) is 6.20 Å². The van der Waals surface area contributed by atoms with Crippen LogP contribution in [0.3, 0.4) is 0 Å². The van der Waals surface area contributed by atoms with Gasteiger partial charge in [-0.05, 0) is 18.1 Å². The number of aromatic nitrogens is 1. The topological polar surface area (TPSA) is 50.9 Å². The van der Waals surface area contributed by atoms with Crippen LogP contribution < -0.4 is 11.1 Å². The summed E-state index contributed by atoms with van der Waals surface area (Å²) in [5.41, 5.74) is 6.61. The van der Waals surface area contributed by atoms with Crippen molar-refractivity contribution in [2.45, 2.75) is 20.3 Å². The minimum absolute atomic E-state index is 0.575. The van der Waals surface area contributed by atoms with Gasteiger partial charge in [-0.3, -0.25) is 0 Å². The van der Waals surface area contributed by atoms with Crippen LogP contribution in [-0.4, -0.2) is 11.5 Å². The predicted molar refractivity (Wildman–Crippen MR) is 56.6 cm³/mol. The third-order valence-corrected chi connectivity index (χ3v) is 2.18. The van der Waals surface area contributed by atoms with Crippen LogP contribution in [0.25, 0.3) is 0 Å². The lowest BCUT2D eigenvalue weighted by molar-refractivity contribution is 0.593. The Bertz CT molecular complexity index is 260. The molecule has 0 fully saturated rings. The SMILES string of the molecule is CCC(C)CNc1cccnc1N. The summed E-state index contributed by atoms with van der Waals surface area (Å²) in [6.45, 7) is 5.34. The molecule has 1 rings (SSSR count). The second kappa shape index (κ2) is 4.70. The molecule has 0 aliphatic carbocycles. The predicted octanol–water partition coefficient (Wildman–Crippen LogP) is 2.12. The van der Waals surface area contributed by atoms with Gasteiger partial charge in [-0.15, -0.1) is 0 Å². The van der Waals surface area contributed by atoms with Gasteiger partial charge in [0, 0.05) is 12.7 Å². The van der Waals surface area contributed by atoms with Crippen LogP contribution in [-0.2, 0) is 0 Å². The molecule has 1 heterocycles. The number of hydrogen-bond donors (Lipinski definition) is 2. The molecule has 0 saturated heterocycles. The Morgan fingerprint density at radius 3 is 3.00 bits per heavy atom. The summed E-state index contributed by atoms with van der Waals surface area (Å²) in [6, 6.07) is 3.83. The van der Waals surface area contributed by atoms with E-state index in [0.29, 0.717) is 11.7 Å². The van der Waals surface area contributed by atoms with Crippen LogP contribution >= 0.6 is 0 Å². The van der Waals surface area contributed by atoms with Gasteiger partial charge in [-0.1, -0.05) is 20.3 Å². The van der Waals surface area contributed by atoms with Gasteiger partial charge in [-0.2, -0.15) is 0 Å². The molecule has 0 saturated carbocycles. The molecule has 3 N–H and O–H groups in total. The third kappa shape index (κ3) is 2.93. The van der Waals surface area contributed by atoms with Crippen molar-refractivity contribution in [2.75, 3.05) is 17.6 Å². The van der Waals surface area contributed by atoms with Crippen LogP contribution in [0.4, 0.5) is 11.5 Å². The summed E-state index contributed by atoms with van der Waals surface area (Å²) in [4.78, 5) is 4.00. The van der Waals surface area contributed by atoms with Crippen LogP contribution in [0, 0.1) is 5.92 Å². The van der Waals surface area contributed by atoms with Crippen LogP contribution in [0.2, 0.25) is 0 Å². The van der Waals surface area contributed by atoms with E-state index < -0.39 is 0 Å². The summed E-state index contributed by atoms with van der Waals surface area (Å²) in [5.74, 6) is 1.24. The van der Waals surface area contributed by atoms with E-state index in [4.69, 9.17) is 5.73 Å². The minimum atomic E-state index is 0.575. The number of nitrogens with zero attached hydrogens (tertiary/aromatic N) is 1. The first-order chi connectivity index (χ1) is 6.24. The van der Waals surface area contributed by atoms with Crippen molar-refractivity contribution in [3.05, 3.63) is 18.3 Å². The zero-order valence-electron chi connectivity index (χ0n) is 8.25. The van der Waals surface area contributed by atoms with E-state index in [9.17, 15) is 0 Å². The van der Waals surface area contributed by atoms with Crippen molar-refractivity contribution >= 4 is 11.5 Å². The lowest BCUT2D eigenvalue weighted by Crippen LogP contribution is -2.11. The van der Waals surface area contributed by atoms with Gasteiger partial charge in [-0.25, -0.2) is 4.98 Å². The molecule has 0 amide bonds. The highest BCUT2D eigenvalue weighted by Gasteiger charge is 2.00. The maximum Gasteiger partial charge on any atom is 0.146 e. The van der Waals surface area contributed by atoms with Crippen molar-refractivity contribution in [1.29, 1.82) is 0 Å². The van der Waals surface area contributed by atoms with Crippen molar-refractivity contribution in [2.24, 2.45) is 5.92 Å². The lowest BCUT2D eigenvalue weighted by Gasteiger charge is -2.11. The molecule has 3 nitrogen and oxygen atoms in total. The number of nitrogens with one attached hydrogen (secondary N) is 1. The fourth-order valence-corrected chi connectivity index (χ4v) is 0.996. The van der Waals surface area contributed by atoms with E-state index >= 15 is 0 Å². The highest BCUT2D eigenvalue weighted by Crippen LogP contribution is 2.14. The average Bonchev–Trinajstić information content (AvgIpc) is 2.16. The Morgan fingerprint density at radius 1 is 1.62 bits per heavy atom. The Morgan fingerprint density at radius 2 is 2.38 bits per heavy atom. The highest BCUT2D eigenvalue weighted by molar-refractivity contribution is 5.60. The molecule has 0 aliphatic heterocycles.